The lowest BCUT2D eigenvalue weighted by Crippen LogP contribution is -2.18. The van der Waals surface area contributed by atoms with Crippen LogP contribution >= 0.6 is 11.8 Å². The van der Waals surface area contributed by atoms with Crippen LogP contribution in [0.15, 0.2) is 35.4 Å². The van der Waals surface area contributed by atoms with Crippen molar-refractivity contribution in [1.29, 1.82) is 0 Å². The first-order valence-corrected chi connectivity index (χ1v) is 7.37. The van der Waals surface area contributed by atoms with E-state index in [0.29, 0.717) is 10.7 Å². The summed E-state index contributed by atoms with van der Waals surface area (Å²) in [6.07, 6.45) is 1.61. The van der Waals surface area contributed by atoms with Gasteiger partial charge in [-0.1, -0.05) is 0 Å². The fourth-order valence-corrected chi connectivity index (χ4v) is 2.44. The van der Waals surface area contributed by atoms with Crippen molar-refractivity contribution in [2.24, 2.45) is 0 Å². The molecule has 0 saturated carbocycles. The van der Waals surface area contributed by atoms with E-state index in [9.17, 15) is 13.6 Å². The Morgan fingerprint density at radius 2 is 2.10 bits per heavy atom. The van der Waals surface area contributed by atoms with Gasteiger partial charge in [0.1, 0.15) is 5.82 Å². The summed E-state index contributed by atoms with van der Waals surface area (Å²) in [7, 11) is 0. The lowest BCUT2D eigenvalue weighted by Gasteiger charge is -2.11. The molecular formula is C14H15F2N3OS. The average Bonchev–Trinajstić information content (AvgIpc) is 2.88. The third-order valence-electron chi connectivity index (χ3n) is 2.69. The topological polar surface area (TPSA) is 46.9 Å². The van der Waals surface area contributed by atoms with Crippen LogP contribution in [0.4, 0.5) is 14.6 Å². The zero-order valence-corrected chi connectivity index (χ0v) is 12.5. The Bertz CT molecular complexity index is 643. The molecule has 21 heavy (non-hydrogen) atoms. The monoisotopic (exact) mass is 311 g/mol. The van der Waals surface area contributed by atoms with Gasteiger partial charge in [0.2, 0.25) is 5.91 Å². The Labute approximate surface area is 125 Å². The van der Waals surface area contributed by atoms with E-state index in [1.165, 1.54) is 6.07 Å². The minimum absolute atomic E-state index is 0.106. The second-order valence-corrected chi connectivity index (χ2v) is 5.72. The molecule has 1 heterocycles. The number of halogens is 2. The van der Waals surface area contributed by atoms with Gasteiger partial charge in [-0.15, -0.1) is 11.8 Å². The van der Waals surface area contributed by atoms with Crippen molar-refractivity contribution in [2.75, 3.05) is 11.1 Å². The zero-order valence-electron chi connectivity index (χ0n) is 11.6. The van der Waals surface area contributed by atoms with E-state index in [-0.39, 0.29) is 17.7 Å². The number of rotatable bonds is 5. The first-order chi connectivity index (χ1) is 9.97. The normalized spacial score (nSPS) is 10.9. The summed E-state index contributed by atoms with van der Waals surface area (Å²) >= 11 is 1.14. The van der Waals surface area contributed by atoms with Gasteiger partial charge in [0, 0.05) is 17.0 Å². The minimum atomic E-state index is -0.918. The maximum absolute atomic E-state index is 13.1. The van der Waals surface area contributed by atoms with Gasteiger partial charge in [0.05, 0.1) is 11.9 Å². The maximum Gasteiger partial charge on any atom is 0.235 e. The summed E-state index contributed by atoms with van der Waals surface area (Å²) in [6.45, 7) is 3.91. The van der Waals surface area contributed by atoms with Crippen LogP contribution in [0.2, 0.25) is 0 Å². The summed E-state index contributed by atoms with van der Waals surface area (Å²) in [4.78, 5) is 12.4. The Balaban J connectivity index is 1.93. The van der Waals surface area contributed by atoms with Crippen molar-refractivity contribution in [3.05, 3.63) is 42.1 Å². The van der Waals surface area contributed by atoms with Crippen molar-refractivity contribution in [3.63, 3.8) is 0 Å². The van der Waals surface area contributed by atoms with Gasteiger partial charge in [-0.2, -0.15) is 5.10 Å². The average molecular weight is 311 g/mol. The quantitative estimate of drug-likeness (QED) is 0.860. The largest absolute Gasteiger partial charge is 0.310 e. The summed E-state index contributed by atoms with van der Waals surface area (Å²) in [5, 5.41) is 6.85. The van der Waals surface area contributed by atoms with E-state index < -0.39 is 11.6 Å². The van der Waals surface area contributed by atoms with E-state index in [0.717, 1.165) is 23.9 Å². The number of hydrogen-bond donors (Lipinski definition) is 1. The molecule has 112 valence electrons. The predicted molar refractivity (Wildman–Crippen MR) is 78.3 cm³/mol. The van der Waals surface area contributed by atoms with Crippen LogP contribution in [-0.4, -0.2) is 21.4 Å². The number of thioether (sulfide) groups is 1. The highest BCUT2D eigenvalue weighted by atomic mass is 32.2. The summed E-state index contributed by atoms with van der Waals surface area (Å²) in [5.74, 6) is -1.33. The van der Waals surface area contributed by atoms with E-state index in [1.54, 1.807) is 16.9 Å². The molecule has 0 radical (unpaired) electrons. The molecule has 0 spiro atoms. The molecule has 2 aromatic rings. The van der Waals surface area contributed by atoms with Crippen LogP contribution in [-0.2, 0) is 4.79 Å². The molecule has 0 aliphatic heterocycles. The van der Waals surface area contributed by atoms with Gasteiger partial charge >= 0.3 is 0 Å². The molecular weight excluding hydrogens is 296 g/mol. The van der Waals surface area contributed by atoms with E-state index in [2.05, 4.69) is 10.4 Å². The maximum atomic E-state index is 13.1. The van der Waals surface area contributed by atoms with Crippen LogP contribution in [0.25, 0.3) is 0 Å². The van der Waals surface area contributed by atoms with Gasteiger partial charge < -0.3 is 5.32 Å². The minimum Gasteiger partial charge on any atom is -0.310 e. The van der Waals surface area contributed by atoms with Crippen LogP contribution in [0, 0.1) is 11.6 Å². The number of benzene rings is 1. The lowest BCUT2D eigenvalue weighted by molar-refractivity contribution is -0.113. The number of nitrogens with zero attached hydrogens (tertiary/aromatic N) is 2. The molecule has 1 aromatic heterocycles. The first-order valence-electron chi connectivity index (χ1n) is 6.38. The molecule has 0 fully saturated rings. The van der Waals surface area contributed by atoms with E-state index in [4.69, 9.17) is 0 Å². The van der Waals surface area contributed by atoms with Gasteiger partial charge in [-0.3, -0.25) is 4.79 Å². The predicted octanol–water partition coefficient (Wildman–Crippen LogP) is 3.47. The standard InChI is InChI=1S/C14H15F2N3OS/c1-9(2)19-13(5-6-17-19)18-14(20)8-21-10-3-4-11(15)12(16)7-10/h3-7,9H,8H2,1-2H3,(H,18,20). The molecule has 0 aliphatic rings. The molecule has 2 rings (SSSR count). The number of amides is 1. The number of carbonyl (C=O) groups excluding carboxylic acids is 1. The third kappa shape index (κ3) is 4.04. The molecule has 0 unspecified atom stereocenters. The smallest absolute Gasteiger partial charge is 0.235 e. The fourth-order valence-electron chi connectivity index (χ4n) is 1.72. The second-order valence-electron chi connectivity index (χ2n) is 4.67. The second kappa shape index (κ2) is 6.71. The van der Waals surface area contributed by atoms with E-state index in [1.807, 2.05) is 13.8 Å². The molecule has 7 heteroatoms. The first kappa shape index (κ1) is 15.5. The Hall–Kier alpha value is -1.89. The molecule has 0 atom stereocenters. The molecule has 0 aliphatic carbocycles. The Kier molecular flexibility index (Phi) is 4.95. The molecule has 4 nitrogen and oxygen atoms in total. The summed E-state index contributed by atoms with van der Waals surface area (Å²) < 4.78 is 27.5. The number of hydrogen-bond acceptors (Lipinski definition) is 3. The highest BCUT2D eigenvalue weighted by molar-refractivity contribution is 8.00. The lowest BCUT2D eigenvalue weighted by atomic mass is 10.3. The van der Waals surface area contributed by atoms with Gasteiger partial charge in [-0.25, -0.2) is 13.5 Å². The molecule has 0 bridgehead atoms. The van der Waals surface area contributed by atoms with Gasteiger partial charge in [0.15, 0.2) is 11.6 Å². The van der Waals surface area contributed by atoms with Crippen molar-refractivity contribution in [2.45, 2.75) is 24.8 Å². The van der Waals surface area contributed by atoms with Crippen molar-refractivity contribution in [3.8, 4) is 0 Å². The van der Waals surface area contributed by atoms with Gasteiger partial charge in [-0.05, 0) is 32.0 Å². The van der Waals surface area contributed by atoms with Crippen LogP contribution in [0.1, 0.15) is 19.9 Å². The SMILES string of the molecule is CC(C)n1nccc1NC(=O)CSc1ccc(F)c(F)c1. The van der Waals surface area contributed by atoms with Crippen LogP contribution in [0.3, 0.4) is 0 Å². The highest BCUT2D eigenvalue weighted by Crippen LogP contribution is 2.21. The van der Waals surface area contributed by atoms with Gasteiger partial charge in [0.25, 0.3) is 0 Å². The van der Waals surface area contributed by atoms with Crippen LogP contribution < -0.4 is 5.32 Å². The van der Waals surface area contributed by atoms with E-state index >= 15 is 0 Å². The zero-order chi connectivity index (χ0) is 15.4. The molecule has 0 saturated heterocycles. The molecule has 1 amide bonds. The van der Waals surface area contributed by atoms with Crippen molar-refractivity contribution in [1.82, 2.24) is 9.78 Å². The number of anilines is 1. The summed E-state index contributed by atoms with van der Waals surface area (Å²) in [6, 6.07) is 5.40. The highest BCUT2D eigenvalue weighted by Gasteiger charge is 2.10. The number of carbonyl (C=O) groups is 1. The number of aromatic nitrogens is 2. The van der Waals surface area contributed by atoms with Crippen molar-refractivity contribution < 1.29 is 13.6 Å². The van der Waals surface area contributed by atoms with Crippen molar-refractivity contribution >= 4 is 23.5 Å². The fraction of sp³-hybridized carbons (Fsp3) is 0.286. The van der Waals surface area contributed by atoms with Crippen LogP contribution in [0.5, 0.6) is 0 Å². The number of nitrogens with one attached hydrogen (secondary N) is 1. The Morgan fingerprint density at radius 3 is 2.76 bits per heavy atom. The Morgan fingerprint density at radius 1 is 1.33 bits per heavy atom. The molecule has 1 N–H and O–H groups in total. The molecule has 1 aromatic carbocycles. The third-order valence-corrected chi connectivity index (χ3v) is 3.68. The summed E-state index contributed by atoms with van der Waals surface area (Å²) in [5.41, 5.74) is 0.